The number of benzene rings is 2. The molecule has 1 aromatic heterocycles. The van der Waals surface area contributed by atoms with Crippen molar-refractivity contribution in [3.8, 4) is 0 Å². The van der Waals surface area contributed by atoms with Crippen LogP contribution in [-0.4, -0.2) is 4.98 Å². The number of hydrogen-bond acceptors (Lipinski definition) is 1. The highest BCUT2D eigenvalue weighted by Gasteiger charge is 2.24. The Morgan fingerprint density at radius 2 is 1.58 bits per heavy atom. The van der Waals surface area contributed by atoms with Crippen molar-refractivity contribution in [2.45, 2.75) is 65.1 Å². The highest BCUT2D eigenvalue weighted by Crippen LogP contribution is 2.33. The van der Waals surface area contributed by atoms with Gasteiger partial charge in [-0.3, -0.25) is 0 Å². The van der Waals surface area contributed by atoms with Crippen molar-refractivity contribution in [3.05, 3.63) is 70.4 Å². The molecular formula is C24H29NO. The van der Waals surface area contributed by atoms with E-state index < -0.39 is 0 Å². The molecule has 2 nitrogen and oxygen atoms in total. The van der Waals surface area contributed by atoms with Gasteiger partial charge in [0.25, 0.3) is 0 Å². The SMILES string of the molecule is CC(C)(C)c1ccc2cc(CC(C)(C)c3ccc4c(c3)COC4)[nH]c2c1. The standard InChI is InChI=1S/C24H29NO/c1-23(2,3)19-8-6-16-11-21(25-22(16)12-19)13-24(4,5)20-9-7-17-14-26-15-18(17)10-20/h6-12,25H,13-15H2,1-5H3. The normalized spacial score (nSPS) is 14.8. The third kappa shape index (κ3) is 3.19. The number of hydrogen-bond donors (Lipinski definition) is 1. The zero-order valence-electron chi connectivity index (χ0n) is 16.6. The second-order valence-corrected chi connectivity index (χ2v) is 9.38. The van der Waals surface area contributed by atoms with E-state index in [1.807, 2.05) is 0 Å². The molecule has 0 spiro atoms. The van der Waals surface area contributed by atoms with E-state index >= 15 is 0 Å². The Bertz CT molecular complexity index is 956. The Balaban J connectivity index is 1.63. The molecule has 26 heavy (non-hydrogen) atoms. The summed E-state index contributed by atoms with van der Waals surface area (Å²) in [7, 11) is 0. The van der Waals surface area contributed by atoms with Gasteiger partial charge in [0.2, 0.25) is 0 Å². The molecule has 1 N–H and O–H groups in total. The maximum Gasteiger partial charge on any atom is 0.0725 e. The van der Waals surface area contributed by atoms with E-state index in [-0.39, 0.29) is 10.8 Å². The molecule has 2 heterocycles. The number of aromatic amines is 1. The minimum Gasteiger partial charge on any atom is -0.372 e. The van der Waals surface area contributed by atoms with E-state index in [0.29, 0.717) is 0 Å². The van der Waals surface area contributed by atoms with Crippen LogP contribution in [0.3, 0.4) is 0 Å². The first-order valence-electron chi connectivity index (χ1n) is 9.54. The third-order valence-electron chi connectivity index (χ3n) is 5.68. The van der Waals surface area contributed by atoms with Crippen LogP contribution in [-0.2, 0) is 35.2 Å². The van der Waals surface area contributed by atoms with Gasteiger partial charge in [-0.05, 0) is 57.0 Å². The quantitative estimate of drug-likeness (QED) is 0.616. The van der Waals surface area contributed by atoms with E-state index in [1.54, 1.807) is 0 Å². The Kier molecular flexibility index (Phi) is 4.00. The predicted molar refractivity (Wildman–Crippen MR) is 109 cm³/mol. The molecule has 0 fully saturated rings. The number of aromatic nitrogens is 1. The third-order valence-corrected chi connectivity index (χ3v) is 5.68. The molecule has 3 aromatic rings. The van der Waals surface area contributed by atoms with Crippen LogP contribution >= 0.6 is 0 Å². The molecule has 0 saturated carbocycles. The molecule has 0 atom stereocenters. The van der Waals surface area contributed by atoms with Crippen molar-refractivity contribution in [2.24, 2.45) is 0 Å². The first kappa shape index (κ1) is 17.4. The summed E-state index contributed by atoms with van der Waals surface area (Å²) >= 11 is 0. The summed E-state index contributed by atoms with van der Waals surface area (Å²) < 4.78 is 5.57. The zero-order valence-corrected chi connectivity index (χ0v) is 16.6. The van der Waals surface area contributed by atoms with Gasteiger partial charge in [-0.25, -0.2) is 0 Å². The van der Waals surface area contributed by atoms with Gasteiger partial charge in [0.15, 0.2) is 0 Å². The lowest BCUT2D eigenvalue weighted by atomic mass is 9.79. The van der Waals surface area contributed by atoms with Crippen LogP contribution < -0.4 is 0 Å². The van der Waals surface area contributed by atoms with E-state index in [0.717, 1.165) is 19.6 Å². The molecule has 4 rings (SSSR count). The van der Waals surface area contributed by atoms with Gasteiger partial charge in [-0.15, -0.1) is 0 Å². The van der Waals surface area contributed by atoms with Gasteiger partial charge in [0, 0.05) is 11.2 Å². The fourth-order valence-corrected chi connectivity index (χ4v) is 3.92. The average molecular weight is 348 g/mol. The molecule has 0 bridgehead atoms. The highest BCUT2D eigenvalue weighted by molar-refractivity contribution is 5.81. The summed E-state index contributed by atoms with van der Waals surface area (Å²) in [6.45, 7) is 13.0. The van der Waals surface area contributed by atoms with Gasteiger partial charge in [-0.1, -0.05) is 65.0 Å². The fraction of sp³-hybridized carbons (Fsp3) is 0.417. The lowest BCUT2D eigenvalue weighted by Gasteiger charge is -2.25. The lowest BCUT2D eigenvalue weighted by molar-refractivity contribution is 0.134. The van der Waals surface area contributed by atoms with Crippen LogP contribution in [0.2, 0.25) is 0 Å². The van der Waals surface area contributed by atoms with E-state index in [9.17, 15) is 0 Å². The Morgan fingerprint density at radius 1 is 0.846 bits per heavy atom. The number of fused-ring (bicyclic) bond motifs is 2. The molecule has 1 aliphatic heterocycles. The van der Waals surface area contributed by atoms with Crippen molar-refractivity contribution in [1.82, 2.24) is 4.98 Å². The van der Waals surface area contributed by atoms with Gasteiger partial charge < -0.3 is 9.72 Å². The zero-order chi connectivity index (χ0) is 18.5. The van der Waals surface area contributed by atoms with Gasteiger partial charge in [0.1, 0.15) is 0 Å². The minimum atomic E-state index is 0.0748. The molecule has 0 saturated heterocycles. The van der Waals surface area contributed by atoms with Crippen LogP contribution in [0, 0.1) is 0 Å². The van der Waals surface area contributed by atoms with Crippen molar-refractivity contribution in [3.63, 3.8) is 0 Å². The summed E-state index contributed by atoms with van der Waals surface area (Å²) in [4.78, 5) is 3.66. The number of ether oxygens (including phenoxy) is 1. The topological polar surface area (TPSA) is 25.0 Å². The van der Waals surface area contributed by atoms with Gasteiger partial charge in [0.05, 0.1) is 13.2 Å². The molecule has 0 radical (unpaired) electrons. The summed E-state index contributed by atoms with van der Waals surface area (Å²) in [6.07, 6.45) is 0.992. The van der Waals surface area contributed by atoms with E-state index in [4.69, 9.17) is 4.74 Å². The van der Waals surface area contributed by atoms with Crippen LogP contribution in [0.4, 0.5) is 0 Å². The largest absolute Gasteiger partial charge is 0.372 e. The smallest absolute Gasteiger partial charge is 0.0725 e. The van der Waals surface area contributed by atoms with E-state index in [1.165, 1.54) is 38.9 Å². The number of rotatable bonds is 3. The summed E-state index contributed by atoms with van der Waals surface area (Å²) in [5.74, 6) is 0. The Morgan fingerprint density at radius 3 is 2.35 bits per heavy atom. The first-order chi connectivity index (χ1) is 12.2. The predicted octanol–water partition coefficient (Wildman–Crippen LogP) is 6.02. The maximum atomic E-state index is 5.57. The molecule has 1 aliphatic rings. The molecule has 0 aliphatic carbocycles. The van der Waals surface area contributed by atoms with Crippen LogP contribution in [0.25, 0.3) is 10.9 Å². The van der Waals surface area contributed by atoms with Crippen LogP contribution in [0.1, 0.15) is 62.6 Å². The maximum absolute atomic E-state index is 5.57. The summed E-state index contributed by atoms with van der Waals surface area (Å²) in [6, 6.07) is 16.0. The molecule has 0 amide bonds. The molecular weight excluding hydrogens is 318 g/mol. The average Bonchev–Trinajstić information content (AvgIpc) is 3.17. The fourth-order valence-electron chi connectivity index (χ4n) is 3.92. The van der Waals surface area contributed by atoms with Crippen molar-refractivity contribution in [2.75, 3.05) is 0 Å². The number of nitrogens with one attached hydrogen (secondary N) is 1. The summed E-state index contributed by atoms with van der Waals surface area (Å²) in [5.41, 5.74) is 8.23. The highest BCUT2D eigenvalue weighted by atomic mass is 16.5. The van der Waals surface area contributed by atoms with Crippen molar-refractivity contribution < 1.29 is 4.74 Å². The number of H-pyrrole nitrogens is 1. The van der Waals surface area contributed by atoms with Crippen LogP contribution in [0.15, 0.2) is 42.5 Å². The second-order valence-electron chi connectivity index (χ2n) is 9.38. The lowest BCUT2D eigenvalue weighted by Crippen LogP contribution is -2.21. The Hall–Kier alpha value is -2.06. The second kappa shape index (κ2) is 5.99. The summed E-state index contributed by atoms with van der Waals surface area (Å²) in [5, 5.41) is 1.30. The van der Waals surface area contributed by atoms with Gasteiger partial charge >= 0.3 is 0 Å². The monoisotopic (exact) mass is 347 g/mol. The van der Waals surface area contributed by atoms with Crippen molar-refractivity contribution in [1.29, 1.82) is 0 Å². The minimum absolute atomic E-state index is 0.0748. The van der Waals surface area contributed by atoms with E-state index in [2.05, 4.69) is 82.1 Å². The Labute approximate surface area is 156 Å². The first-order valence-corrected chi connectivity index (χ1v) is 9.54. The van der Waals surface area contributed by atoms with Crippen molar-refractivity contribution >= 4 is 10.9 Å². The molecule has 2 heteroatoms. The molecule has 2 aromatic carbocycles. The van der Waals surface area contributed by atoms with Crippen LogP contribution in [0.5, 0.6) is 0 Å². The van der Waals surface area contributed by atoms with Gasteiger partial charge in [-0.2, -0.15) is 0 Å². The molecule has 0 unspecified atom stereocenters. The molecule has 136 valence electrons.